The van der Waals surface area contributed by atoms with Crippen LogP contribution in [0.25, 0.3) is 0 Å². The van der Waals surface area contributed by atoms with Crippen LogP contribution in [0, 0.1) is 0 Å². The maximum absolute atomic E-state index is 5.86. The van der Waals surface area contributed by atoms with Gasteiger partial charge in [0, 0.05) is 12.1 Å². The van der Waals surface area contributed by atoms with Crippen LogP contribution in [0.2, 0.25) is 0 Å². The van der Waals surface area contributed by atoms with Gasteiger partial charge in [0.05, 0.1) is 6.54 Å². The van der Waals surface area contributed by atoms with E-state index >= 15 is 0 Å². The molecule has 0 heterocycles. The highest BCUT2D eigenvalue weighted by Gasteiger charge is 2.09. The molecule has 0 aliphatic heterocycles. The fraction of sp³-hybridized carbons (Fsp3) is 0.562. The number of ether oxygens (including phenoxy) is 1. The molecule has 1 aromatic rings. The number of hydrogen-bond acceptors (Lipinski definition) is 3. The molecule has 5 heteroatoms. The highest BCUT2D eigenvalue weighted by molar-refractivity contribution is 5.78. The van der Waals surface area contributed by atoms with Crippen molar-refractivity contribution in [3.05, 3.63) is 29.8 Å². The van der Waals surface area contributed by atoms with Crippen molar-refractivity contribution in [1.29, 1.82) is 0 Å². The Kier molecular flexibility index (Phi) is 6.49. The summed E-state index contributed by atoms with van der Waals surface area (Å²) < 4.78 is 5.71. The average molecular weight is 292 g/mol. The molecule has 1 rings (SSSR count). The van der Waals surface area contributed by atoms with Crippen LogP contribution in [0.4, 0.5) is 0 Å². The minimum atomic E-state index is -0.0786. The second-order valence-corrected chi connectivity index (χ2v) is 6.38. The van der Waals surface area contributed by atoms with E-state index in [1.807, 2.05) is 38.4 Å². The third-order valence-electron chi connectivity index (χ3n) is 2.64. The minimum Gasteiger partial charge on any atom is -0.492 e. The summed E-state index contributed by atoms with van der Waals surface area (Å²) in [7, 11) is 4.05. The topological polar surface area (TPSA) is 62.9 Å². The monoisotopic (exact) mass is 292 g/mol. The zero-order valence-electron chi connectivity index (χ0n) is 13.8. The maximum Gasteiger partial charge on any atom is 0.189 e. The zero-order valence-corrected chi connectivity index (χ0v) is 13.8. The van der Waals surface area contributed by atoms with E-state index < -0.39 is 0 Å². The van der Waals surface area contributed by atoms with E-state index in [-0.39, 0.29) is 5.54 Å². The Balaban J connectivity index is 2.54. The molecule has 118 valence electrons. The van der Waals surface area contributed by atoms with E-state index in [2.05, 4.69) is 36.0 Å². The Hall–Kier alpha value is -1.75. The van der Waals surface area contributed by atoms with Gasteiger partial charge in [-0.3, -0.25) is 0 Å². The maximum atomic E-state index is 5.86. The molecule has 0 aliphatic rings. The molecule has 0 unspecified atom stereocenters. The second kappa shape index (κ2) is 7.88. The molecule has 0 amide bonds. The third-order valence-corrected chi connectivity index (χ3v) is 2.64. The summed E-state index contributed by atoms with van der Waals surface area (Å²) >= 11 is 0. The quantitative estimate of drug-likeness (QED) is 0.620. The van der Waals surface area contributed by atoms with Gasteiger partial charge in [-0.25, -0.2) is 4.99 Å². The average Bonchev–Trinajstić information content (AvgIpc) is 2.34. The van der Waals surface area contributed by atoms with Crippen LogP contribution in [0.15, 0.2) is 29.3 Å². The van der Waals surface area contributed by atoms with E-state index in [1.54, 1.807) is 0 Å². The van der Waals surface area contributed by atoms with Gasteiger partial charge in [-0.05, 0) is 52.6 Å². The lowest BCUT2D eigenvalue weighted by Gasteiger charge is -2.21. The first-order chi connectivity index (χ1) is 9.76. The van der Waals surface area contributed by atoms with Crippen molar-refractivity contribution in [3.8, 4) is 5.75 Å². The molecule has 0 saturated carbocycles. The molecule has 0 atom stereocenters. The standard InChI is InChI=1S/C16H28N4O/c1-16(2,3)19-15(17)18-12-13-7-6-8-14(11-13)21-10-9-20(4)5/h6-8,11H,9-10,12H2,1-5H3,(H3,17,18,19). The molecule has 5 nitrogen and oxygen atoms in total. The van der Waals surface area contributed by atoms with Crippen molar-refractivity contribution in [2.75, 3.05) is 27.2 Å². The zero-order chi connectivity index (χ0) is 15.9. The predicted octanol–water partition coefficient (Wildman–Crippen LogP) is 1.83. The first-order valence-electron chi connectivity index (χ1n) is 7.21. The van der Waals surface area contributed by atoms with Crippen molar-refractivity contribution >= 4 is 5.96 Å². The molecule has 3 N–H and O–H groups in total. The fourth-order valence-corrected chi connectivity index (χ4v) is 1.68. The van der Waals surface area contributed by atoms with Crippen LogP contribution >= 0.6 is 0 Å². The van der Waals surface area contributed by atoms with Crippen LogP contribution in [-0.2, 0) is 6.54 Å². The number of guanidine groups is 1. The Morgan fingerprint density at radius 2 is 2.05 bits per heavy atom. The van der Waals surface area contributed by atoms with Crippen molar-refractivity contribution < 1.29 is 4.74 Å². The van der Waals surface area contributed by atoms with E-state index in [1.165, 1.54) is 0 Å². The molecule has 0 spiro atoms. The number of aliphatic imine (C=N–C) groups is 1. The molecular formula is C16H28N4O. The van der Waals surface area contributed by atoms with Gasteiger partial charge < -0.3 is 20.7 Å². The van der Waals surface area contributed by atoms with Crippen molar-refractivity contribution in [1.82, 2.24) is 10.2 Å². The molecule has 0 radical (unpaired) electrons. The van der Waals surface area contributed by atoms with Gasteiger partial charge in [-0.15, -0.1) is 0 Å². The van der Waals surface area contributed by atoms with Crippen molar-refractivity contribution in [2.45, 2.75) is 32.9 Å². The summed E-state index contributed by atoms with van der Waals surface area (Å²) in [6.45, 7) is 8.26. The first-order valence-corrected chi connectivity index (χ1v) is 7.21. The van der Waals surface area contributed by atoms with Gasteiger partial charge in [0.1, 0.15) is 12.4 Å². The number of nitrogens with one attached hydrogen (secondary N) is 1. The first kappa shape index (κ1) is 17.3. The van der Waals surface area contributed by atoms with Crippen molar-refractivity contribution in [3.63, 3.8) is 0 Å². The molecule has 0 saturated heterocycles. The number of nitrogens with two attached hydrogens (primary N) is 1. The highest BCUT2D eigenvalue weighted by atomic mass is 16.5. The lowest BCUT2D eigenvalue weighted by Crippen LogP contribution is -2.44. The number of rotatable bonds is 6. The summed E-state index contributed by atoms with van der Waals surface area (Å²) in [5.41, 5.74) is 6.86. The van der Waals surface area contributed by atoms with Crippen LogP contribution in [-0.4, -0.2) is 43.6 Å². The van der Waals surface area contributed by atoms with Crippen LogP contribution in [0.1, 0.15) is 26.3 Å². The Morgan fingerprint density at radius 3 is 2.67 bits per heavy atom. The van der Waals surface area contributed by atoms with E-state index in [9.17, 15) is 0 Å². The summed E-state index contributed by atoms with van der Waals surface area (Å²) in [6, 6.07) is 7.96. The van der Waals surface area contributed by atoms with Gasteiger partial charge in [0.2, 0.25) is 0 Å². The predicted molar refractivity (Wildman–Crippen MR) is 88.7 cm³/mol. The number of nitrogens with zero attached hydrogens (tertiary/aromatic N) is 2. The van der Waals surface area contributed by atoms with Crippen LogP contribution < -0.4 is 15.8 Å². The minimum absolute atomic E-state index is 0.0786. The molecule has 0 fully saturated rings. The van der Waals surface area contributed by atoms with Gasteiger partial charge in [0.15, 0.2) is 5.96 Å². The van der Waals surface area contributed by atoms with Gasteiger partial charge in [-0.1, -0.05) is 12.1 Å². The number of likely N-dealkylation sites (N-methyl/N-ethyl adjacent to an activating group) is 1. The fourth-order valence-electron chi connectivity index (χ4n) is 1.68. The second-order valence-electron chi connectivity index (χ2n) is 6.38. The third kappa shape index (κ3) is 8.19. The van der Waals surface area contributed by atoms with Gasteiger partial charge in [0.25, 0.3) is 0 Å². The van der Waals surface area contributed by atoms with Crippen LogP contribution in [0.5, 0.6) is 5.75 Å². The van der Waals surface area contributed by atoms with E-state index in [4.69, 9.17) is 10.5 Å². The lowest BCUT2D eigenvalue weighted by molar-refractivity contribution is 0.261. The summed E-state index contributed by atoms with van der Waals surface area (Å²) in [4.78, 5) is 6.44. The number of benzene rings is 1. The Labute approximate surface area is 128 Å². The molecule has 0 aromatic heterocycles. The smallest absolute Gasteiger partial charge is 0.189 e. The normalized spacial score (nSPS) is 12.6. The number of hydrogen-bond donors (Lipinski definition) is 2. The van der Waals surface area contributed by atoms with Crippen molar-refractivity contribution in [2.24, 2.45) is 10.7 Å². The Morgan fingerprint density at radius 1 is 1.33 bits per heavy atom. The van der Waals surface area contributed by atoms with E-state index in [0.29, 0.717) is 19.1 Å². The summed E-state index contributed by atoms with van der Waals surface area (Å²) in [5.74, 6) is 1.33. The summed E-state index contributed by atoms with van der Waals surface area (Å²) in [6.07, 6.45) is 0. The van der Waals surface area contributed by atoms with E-state index in [0.717, 1.165) is 17.9 Å². The molecular weight excluding hydrogens is 264 g/mol. The van der Waals surface area contributed by atoms with Crippen LogP contribution in [0.3, 0.4) is 0 Å². The largest absolute Gasteiger partial charge is 0.492 e. The Bertz CT molecular complexity index is 464. The molecule has 0 bridgehead atoms. The SMILES string of the molecule is CN(C)CCOc1cccc(CN=C(N)NC(C)(C)C)c1. The lowest BCUT2D eigenvalue weighted by atomic mass is 10.1. The molecule has 0 aliphatic carbocycles. The highest BCUT2D eigenvalue weighted by Crippen LogP contribution is 2.14. The van der Waals surface area contributed by atoms with Gasteiger partial charge >= 0.3 is 0 Å². The van der Waals surface area contributed by atoms with Gasteiger partial charge in [-0.2, -0.15) is 0 Å². The molecule has 21 heavy (non-hydrogen) atoms. The summed E-state index contributed by atoms with van der Waals surface area (Å²) in [5, 5.41) is 3.14. The molecule has 1 aromatic carbocycles.